The molecule has 0 radical (unpaired) electrons. The molecule has 24 heavy (non-hydrogen) atoms. The monoisotopic (exact) mass is 331 g/mol. The lowest BCUT2D eigenvalue weighted by Gasteiger charge is -2.16. The van der Waals surface area contributed by atoms with Gasteiger partial charge < -0.3 is 19.9 Å². The standard InChI is InChI=1S/C17H21N3O4/c1-4-14(17(22)19-15-10-11(3)24-20-15)23-13-8-6-12(7-9-13)16(21)18-5-2/h6-10,14H,4-5H2,1-3H3,(H,18,21)(H,19,20,22)/t14-/m1/s1. The highest BCUT2D eigenvalue weighted by molar-refractivity contribution is 5.94. The number of aromatic nitrogens is 1. The lowest BCUT2D eigenvalue weighted by molar-refractivity contribution is -0.122. The summed E-state index contributed by atoms with van der Waals surface area (Å²) in [5.74, 6) is 1.03. The zero-order valence-corrected chi connectivity index (χ0v) is 14.0. The molecule has 0 unspecified atom stereocenters. The summed E-state index contributed by atoms with van der Waals surface area (Å²) in [5, 5.41) is 9.09. The summed E-state index contributed by atoms with van der Waals surface area (Å²) in [6.45, 7) is 6.01. The predicted octanol–water partition coefficient (Wildman–Crippen LogP) is 2.53. The number of nitrogens with one attached hydrogen (secondary N) is 2. The molecule has 2 rings (SSSR count). The molecule has 128 valence electrons. The molecular weight excluding hydrogens is 310 g/mol. The van der Waals surface area contributed by atoms with Crippen molar-refractivity contribution in [1.82, 2.24) is 10.5 Å². The van der Waals surface area contributed by atoms with E-state index in [1.165, 1.54) is 0 Å². The Labute approximate surface area is 140 Å². The van der Waals surface area contributed by atoms with Gasteiger partial charge in [-0.2, -0.15) is 0 Å². The van der Waals surface area contributed by atoms with Crippen molar-refractivity contribution in [2.45, 2.75) is 33.3 Å². The van der Waals surface area contributed by atoms with Crippen LogP contribution in [0, 0.1) is 6.92 Å². The number of nitrogens with zero attached hydrogens (tertiary/aromatic N) is 1. The summed E-state index contributed by atoms with van der Waals surface area (Å²) < 4.78 is 10.6. The number of aryl methyl sites for hydroxylation is 1. The van der Waals surface area contributed by atoms with Gasteiger partial charge in [0.25, 0.3) is 11.8 Å². The zero-order valence-electron chi connectivity index (χ0n) is 14.0. The first-order valence-electron chi connectivity index (χ1n) is 7.82. The summed E-state index contributed by atoms with van der Waals surface area (Å²) in [4.78, 5) is 24.0. The van der Waals surface area contributed by atoms with Gasteiger partial charge in [-0.1, -0.05) is 12.1 Å². The van der Waals surface area contributed by atoms with E-state index in [9.17, 15) is 9.59 Å². The van der Waals surface area contributed by atoms with Gasteiger partial charge in [0.15, 0.2) is 11.9 Å². The molecule has 1 aromatic heterocycles. The van der Waals surface area contributed by atoms with E-state index >= 15 is 0 Å². The Bertz CT molecular complexity index is 694. The largest absolute Gasteiger partial charge is 0.481 e. The van der Waals surface area contributed by atoms with Gasteiger partial charge in [-0.05, 0) is 44.5 Å². The van der Waals surface area contributed by atoms with Crippen molar-refractivity contribution < 1.29 is 18.8 Å². The fourth-order valence-corrected chi connectivity index (χ4v) is 2.07. The third kappa shape index (κ3) is 4.58. The third-order valence-corrected chi connectivity index (χ3v) is 3.27. The molecule has 0 fully saturated rings. The average molecular weight is 331 g/mol. The quantitative estimate of drug-likeness (QED) is 0.813. The van der Waals surface area contributed by atoms with E-state index in [4.69, 9.17) is 9.26 Å². The number of rotatable bonds is 7. The van der Waals surface area contributed by atoms with Crippen molar-refractivity contribution in [2.24, 2.45) is 0 Å². The van der Waals surface area contributed by atoms with Crippen LogP contribution in [0.1, 0.15) is 36.4 Å². The van der Waals surface area contributed by atoms with Crippen LogP contribution in [0.2, 0.25) is 0 Å². The van der Waals surface area contributed by atoms with Gasteiger partial charge in [0.1, 0.15) is 11.5 Å². The second-order valence-corrected chi connectivity index (χ2v) is 5.21. The maximum atomic E-state index is 12.2. The van der Waals surface area contributed by atoms with Crippen LogP contribution in [0.25, 0.3) is 0 Å². The van der Waals surface area contributed by atoms with E-state index in [1.807, 2.05) is 13.8 Å². The van der Waals surface area contributed by atoms with Crippen molar-refractivity contribution in [3.63, 3.8) is 0 Å². The number of carbonyl (C=O) groups is 2. The number of anilines is 1. The number of ether oxygens (including phenoxy) is 1. The fraction of sp³-hybridized carbons (Fsp3) is 0.353. The molecule has 0 aliphatic heterocycles. The molecule has 2 aromatic rings. The first-order chi connectivity index (χ1) is 11.5. The molecule has 0 aliphatic rings. The van der Waals surface area contributed by atoms with Crippen molar-refractivity contribution in [3.8, 4) is 5.75 Å². The second-order valence-electron chi connectivity index (χ2n) is 5.21. The van der Waals surface area contributed by atoms with Crippen molar-refractivity contribution in [2.75, 3.05) is 11.9 Å². The molecule has 2 amide bonds. The van der Waals surface area contributed by atoms with Crippen LogP contribution in [0.3, 0.4) is 0 Å². The summed E-state index contributed by atoms with van der Waals surface area (Å²) in [7, 11) is 0. The first-order valence-corrected chi connectivity index (χ1v) is 7.82. The highest BCUT2D eigenvalue weighted by atomic mass is 16.5. The Morgan fingerprint density at radius 2 is 1.96 bits per heavy atom. The minimum Gasteiger partial charge on any atom is -0.481 e. The normalized spacial score (nSPS) is 11.6. The molecule has 1 atom stereocenters. The molecule has 1 aromatic carbocycles. The SMILES string of the molecule is CCNC(=O)c1ccc(O[C@H](CC)C(=O)Nc2cc(C)on2)cc1. The summed E-state index contributed by atoms with van der Waals surface area (Å²) in [6, 6.07) is 8.28. The van der Waals surface area contributed by atoms with Crippen LogP contribution in [-0.2, 0) is 4.79 Å². The molecule has 0 bridgehead atoms. The first kappa shape index (κ1) is 17.5. The zero-order chi connectivity index (χ0) is 17.5. The van der Waals surface area contributed by atoms with Crippen molar-refractivity contribution in [3.05, 3.63) is 41.7 Å². The third-order valence-electron chi connectivity index (χ3n) is 3.27. The van der Waals surface area contributed by atoms with Gasteiger partial charge in [0.2, 0.25) is 0 Å². The van der Waals surface area contributed by atoms with Gasteiger partial charge in [-0.25, -0.2) is 0 Å². The maximum Gasteiger partial charge on any atom is 0.266 e. The molecule has 7 nitrogen and oxygen atoms in total. The van der Waals surface area contributed by atoms with Crippen LogP contribution in [0.4, 0.5) is 5.82 Å². The Morgan fingerprint density at radius 3 is 2.50 bits per heavy atom. The van der Waals surface area contributed by atoms with Crippen LogP contribution in [0.5, 0.6) is 5.75 Å². The van der Waals surface area contributed by atoms with Gasteiger partial charge in [-0.15, -0.1) is 0 Å². The summed E-state index contributed by atoms with van der Waals surface area (Å²) >= 11 is 0. The Morgan fingerprint density at radius 1 is 1.25 bits per heavy atom. The number of amides is 2. The Hall–Kier alpha value is -2.83. The van der Waals surface area contributed by atoms with Crippen LogP contribution >= 0.6 is 0 Å². The van der Waals surface area contributed by atoms with E-state index in [0.29, 0.717) is 35.9 Å². The molecule has 0 saturated carbocycles. The highest BCUT2D eigenvalue weighted by Crippen LogP contribution is 2.16. The molecule has 1 heterocycles. The number of hydrogen-bond donors (Lipinski definition) is 2. The molecular formula is C17H21N3O4. The van der Waals surface area contributed by atoms with E-state index in [-0.39, 0.29) is 11.8 Å². The van der Waals surface area contributed by atoms with Crippen LogP contribution in [0.15, 0.2) is 34.9 Å². The topological polar surface area (TPSA) is 93.5 Å². The lowest BCUT2D eigenvalue weighted by Crippen LogP contribution is -2.32. The molecule has 7 heteroatoms. The Kier molecular flexibility index (Phi) is 5.95. The minimum atomic E-state index is -0.669. The maximum absolute atomic E-state index is 12.2. The second kappa shape index (κ2) is 8.14. The van der Waals surface area contributed by atoms with Crippen LogP contribution < -0.4 is 15.4 Å². The van der Waals surface area contributed by atoms with E-state index < -0.39 is 6.10 Å². The number of carbonyl (C=O) groups excluding carboxylic acids is 2. The smallest absolute Gasteiger partial charge is 0.266 e. The fourth-order valence-electron chi connectivity index (χ4n) is 2.07. The minimum absolute atomic E-state index is 0.143. The van der Waals surface area contributed by atoms with Crippen LogP contribution in [-0.4, -0.2) is 29.6 Å². The highest BCUT2D eigenvalue weighted by Gasteiger charge is 2.20. The molecule has 0 saturated heterocycles. The van der Waals surface area contributed by atoms with Gasteiger partial charge >= 0.3 is 0 Å². The average Bonchev–Trinajstić information content (AvgIpc) is 2.98. The molecule has 2 N–H and O–H groups in total. The van der Waals surface area contributed by atoms with Gasteiger partial charge in [0.05, 0.1) is 0 Å². The Balaban J connectivity index is 1.98. The molecule has 0 spiro atoms. The summed E-state index contributed by atoms with van der Waals surface area (Å²) in [5.41, 5.74) is 0.541. The summed E-state index contributed by atoms with van der Waals surface area (Å²) in [6.07, 6.45) is -0.182. The van der Waals surface area contributed by atoms with E-state index in [0.717, 1.165) is 0 Å². The predicted molar refractivity (Wildman–Crippen MR) is 89.0 cm³/mol. The lowest BCUT2D eigenvalue weighted by atomic mass is 10.2. The van der Waals surface area contributed by atoms with Crippen molar-refractivity contribution >= 4 is 17.6 Å². The van der Waals surface area contributed by atoms with Gasteiger partial charge in [0, 0.05) is 18.2 Å². The molecule has 0 aliphatic carbocycles. The van der Waals surface area contributed by atoms with Crippen molar-refractivity contribution in [1.29, 1.82) is 0 Å². The van der Waals surface area contributed by atoms with Gasteiger partial charge in [-0.3, -0.25) is 9.59 Å². The number of hydrogen-bond acceptors (Lipinski definition) is 5. The van der Waals surface area contributed by atoms with E-state index in [1.54, 1.807) is 37.3 Å². The van der Waals surface area contributed by atoms with E-state index in [2.05, 4.69) is 15.8 Å². The number of benzene rings is 1.